The van der Waals surface area contributed by atoms with Crippen LogP contribution >= 0.6 is 12.6 Å². The predicted octanol–water partition coefficient (Wildman–Crippen LogP) is 1.89. The molecule has 0 aromatic carbocycles. The zero-order chi connectivity index (χ0) is 9.80. The Morgan fingerprint density at radius 3 is 2.50 bits per heavy atom. The molecule has 4 heteroatoms. The van der Waals surface area contributed by atoms with E-state index in [4.69, 9.17) is 0 Å². The standard InChI is InChI=1S/C10H9N3S/c14-10(8-3-1-2-5-12-8)9-4-6-11-7-13-9/h1-7,10,14H. The van der Waals surface area contributed by atoms with E-state index < -0.39 is 0 Å². The lowest BCUT2D eigenvalue weighted by molar-refractivity contribution is 0.972. The molecule has 0 aliphatic carbocycles. The maximum atomic E-state index is 4.46. The highest BCUT2D eigenvalue weighted by Crippen LogP contribution is 2.23. The normalized spacial score (nSPS) is 12.4. The third kappa shape index (κ3) is 1.90. The zero-order valence-corrected chi connectivity index (χ0v) is 8.30. The van der Waals surface area contributed by atoms with Gasteiger partial charge in [0.2, 0.25) is 0 Å². The van der Waals surface area contributed by atoms with Gasteiger partial charge in [-0.25, -0.2) is 9.97 Å². The summed E-state index contributed by atoms with van der Waals surface area (Å²) in [4.78, 5) is 12.2. The summed E-state index contributed by atoms with van der Waals surface area (Å²) < 4.78 is 0. The van der Waals surface area contributed by atoms with Crippen molar-refractivity contribution in [2.45, 2.75) is 5.25 Å². The van der Waals surface area contributed by atoms with Gasteiger partial charge in [0.25, 0.3) is 0 Å². The first kappa shape index (κ1) is 9.15. The molecule has 0 N–H and O–H groups in total. The molecule has 14 heavy (non-hydrogen) atoms. The number of thiol groups is 1. The van der Waals surface area contributed by atoms with Crippen LogP contribution in [0.25, 0.3) is 0 Å². The fourth-order valence-electron chi connectivity index (χ4n) is 1.15. The van der Waals surface area contributed by atoms with Gasteiger partial charge in [-0.1, -0.05) is 6.07 Å². The van der Waals surface area contributed by atoms with E-state index >= 15 is 0 Å². The summed E-state index contributed by atoms with van der Waals surface area (Å²) in [6.45, 7) is 0. The first-order valence-electron chi connectivity index (χ1n) is 4.23. The Labute approximate surface area is 87.7 Å². The number of hydrogen-bond donors (Lipinski definition) is 1. The highest BCUT2D eigenvalue weighted by atomic mass is 32.1. The third-order valence-electron chi connectivity index (χ3n) is 1.85. The molecule has 0 spiro atoms. The van der Waals surface area contributed by atoms with Crippen LogP contribution in [0.1, 0.15) is 16.6 Å². The van der Waals surface area contributed by atoms with Crippen LogP contribution in [0.5, 0.6) is 0 Å². The lowest BCUT2D eigenvalue weighted by Crippen LogP contribution is -1.98. The predicted molar refractivity (Wildman–Crippen MR) is 57.1 cm³/mol. The van der Waals surface area contributed by atoms with Gasteiger partial charge >= 0.3 is 0 Å². The van der Waals surface area contributed by atoms with Crippen molar-refractivity contribution in [3.63, 3.8) is 0 Å². The molecule has 0 fully saturated rings. The molecular weight excluding hydrogens is 194 g/mol. The Morgan fingerprint density at radius 2 is 1.86 bits per heavy atom. The quantitative estimate of drug-likeness (QED) is 0.757. The number of aromatic nitrogens is 3. The molecule has 2 aromatic heterocycles. The van der Waals surface area contributed by atoms with Gasteiger partial charge in [0.05, 0.1) is 16.6 Å². The van der Waals surface area contributed by atoms with E-state index in [0.29, 0.717) is 0 Å². The van der Waals surface area contributed by atoms with E-state index in [0.717, 1.165) is 11.4 Å². The first-order valence-corrected chi connectivity index (χ1v) is 4.74. The van der Waals surface area contributed by atoms with Gasteiger partial charge in [-0.05, 0) is 18.2 Å². The molecule has 0 radical (unpaired) electrons. The van der Waals surface area contributed by atoms with Gasteiger partial charge in [0.1, 0.15) is 6.33 Å². The molecular formula is C10H9N3S. The largest absolute Gasteiger partial charge is 0.260 e. The first-order chi connectivity index (χ1) is 6.88. The van der Waals surface area contributed by atoms with Crippen molar-refractivity contribution in [1.82, 2.24) is 15.0 Å². The van der Waals surface area contributed by atoms with Crippen LogP contribution in [0.3, 0.4) is 0 Å². The minimum Gasteiger partial charge on any atom is -0.260 e. The molecule has 0 saturated carbocycles. The topological polar surface area (TPSA) is 38.7 Å². The molecule has 0 aliphatic heterocycles. The monoisotopic (exact) mass is 203 g/mol. The summed E-state index contributed by atoms with van der Waals surface area (Å²) in [7, 11) is 0. The van der Waals surface area contributed by atoms with Gasteiger partial charge in [-0.3, -0.25) is 4.98 Å². The molecule has 0 bridgehead atoms. The van der Waals surface area contributed by atoms with E-state index in [1.807, 2.05) is 24.3 Å². The highest BCUT2D eigenvalue weighted by Gasteiger charge is 2.10. The summed E-state index contributed by atoms with van der Waals surface area (Å²) >= 11 is 4.46. The van der Waals surface area contributed by atoms with Gasteiger partial charge in [0, 0.05) is 12.4 Å². The van der Waals surface area contributed by atoms with E-state index in [2.05, 4.69) is 27.6 Å². The Morgan fingerprint density at radius 1 is 1.00 bits per heavy atom. The molecule has 2 heterocycles. The van der Waals surface area contributed by atoms with Gasteiger partial charge in [-0.15, -0.1) is 0 Å². The van der Waals surface area contributed by atoms with Crippen LogP contribution in [0, 0.1) is 0 Å². The fourth-order valence-corrected chi connectivity index (χ4v) is 1.46. The smallest absolute Gasteiger partial charge is 0.115 e. The van der Waals surface area contributed by atoms with Crippen LogP contribution < -0.4 is 0 Å². The van der Waals surface area contributed by atoms with Crippen molar-refractivity contribution in [1.29, 1.82) is 0 Å². The summed E-state index contributed by atoms with van der Waals surface area (Å²) in [5.41, 5.74) is 1.76. The molecule has 1 unspecified atom stereocenters. The molecule has 70 valence electrons. The number of nitrogens with zero attached hydrogens (tertiary/aromatic N) is 3. The van der Waals surface area contributed by atoms with Crippen LogP contribution in [-0.2, 0) is 0 Å². The minimum atomic E-state index is -0.0841. The Kier molecular flexibility index (Phi) is 2.74. The van der Waals surface area contributed by atoms with Crippen LogP contribution in [-0.4, -0.2) is 15.0 Å². The summed E-state index contributed by atoms with van der Waals surface area (Å²) in [6.07, 6.45) is 4.97. The van der Waals surface area contributed by atoms with E-state index in [-0.39, 0.29) is 5.25 Å². The molecule has 3 nitrogen and oxygen atoms in total. The van der Waals surface area contributed by atoms with Gasteiger partial charge in [-0.2, -0.15) is 12.6 Å². The van der Waals surface area contributed by atoms with Crippen molar-refractivity contribution < 1.29 is 0 Å². The van der Waals surface area contributed by atoms with E-state index in [1.54, 1.807) is 12.4 Å². The lowest BCUT2D eigenvalue weighted by Gasteiger charge is -2.07. The van der Waals surface area contributed by atoms with Crippen molar-refractivity contribution in [2.75, 3.05) is 0 Å². The Bertz CT molecular complexity index is 351. The van der Waals surface area contributed by atoms with Crippen LogP contribution in [0.15, 0.2) is 43.0 Å². The highest BCUT2D eigenvalue weighted by molar-refractivity contribution is 7.80. The molecule has 0 saturated heterocycles. The second-order valence-electron chi connectivity index (χ2n) is 2.79. The maximum Gasteiger partial charge on any atom is 0.115 e. The SMILES string of the molecule is SC(c1ccccn1)c1ccncn1. The van der Waals surface area contributed by atoms with Crippen molar-refractivity contribution in [2.24, 2.45) is 0 Å². The van der Waals surface area contributed by atoms with Crippen molar-refractivity contribution >= 4 is 12.6 Å². The number of pyridine rings is 1. The lowest BCUT2D eigenvalue weighted by atomic mass is 10.2. The van der Waals surface area contributed by atoms with Crippen LogP contribution in [0.4, 0.5) is 0 Å². The van der Waals surface area contributed by atoms with Crippen LogP contribution in [0.2, 0.25) is 0 Å². The van der Waals surface area contributed by atoms with E-state index in [9.17, 15) is 0 Å². The summed E-state index contributed by atoms with van der Waals surface area (Å²) in [6, 6.07) is 7.59. The fraction of sp³-hybridized carbons (Fsp3) is 0.100. The summed E-state index contributed by atoms with van der Waals surface area (Å²) in [5.74, 6) is 0. The van der Waals surface area contributed by atoms with Crippen molar-refractivity contribution in [3.05, 3.63) is 54.4 Å². The molecule has 1 atom stereocenters. The average Bonchev–Trinajstić information content (AvgIpc) is 2.30. The summed E-state index contributed by atoms with van der Waals surface area (Å²) in [5, 5.41) is -0.0841. The molecule has 2 aromatic rings. The van der Waals surface area contributed by atoms with Gasteiger partial charge in [0.15, 0.2) is 0 Å². The second-order valence-corrected chi connectivity index (χ2v) is 3.31. The Balaban J connectivity index is 2.30. The zero-order valence-electron chi connectivity index (χ0n) is 7.41. The number of rotatable bonds is 2. The minimum absolute atomic E-state index is 0.0841. The molecule has 2 rings (SSSR count). The third-order valence-corrected chi connectivity index (χ3v) is 2.38. The van der Waals surface area contributed by atoms with Crippen molar-refractivity contribution in [3.8, 4) is 0 Å². The number of hydrogen-bond acceptors (Lipinski definition) is 4. The second kappa shape index (κ2) is 4.19. The Hall–Kier alpha value is -1.42. The average molecular weight is 203 g/mol. The molecule has 0 amide bonds. The maximum absolute atomic E-state index is 4.46. The van der Waals surface area contributed by atoms with E-state index in [1.165, 1.54) is 6.33 Å². The molecule has 0 aliphatic rings. The van der Waals surface area contributed by atoms with Gasteiger partial charge < -0.3 is 0 Å².